The van der Waals surface area contributed by atoms with Crippen LogP contribution in [0.25, 0.3) is 0 Å². The third kappa shape index (κ3) is 8.59. The summed E-state index contributed by atoms with van der Waals surface area (Å²) >= 11 is 0. The van der Waals surface area contributed by atoms with E-state index in [4.69, 9.17) is 4.74 Å². The van der Waals surface area contributed by atoms with Crippen LogP contribution in [-0.4, -0.2) is 62.8 Å². The van der Waals surface area contributed by atoms with Crippen molar-refractivity contribution >= 4 is 5.96 Å². The molecule has 1 saturated carbocycles. The number of guanidine groups is 1. The number of unbranched alkanes of at least 4 members (excludes halogenated alkanes) is 1. The molecule has 1 rings (SSSR count). The van der Waals surface area contributed by atoms with Crippen LogP contribution in [0.15, 0.2) is 4.99 Å². The molecule has 0 aliphatic heterocycles. The Morgan fingerprint density at radius 1 is 1.18 bits per heavy atom. The highest BCUT2D eigenvalue weighted by Crippen LogP contribution is 2.27. The zero-order valence-electron chi connectivity index (χ0n) is 15.0. The van der Waals surface area contributed by atoms with Crippen molar-refractivity contribution in [3.8, 4) is 0 Å². The highest BCUT2D eigenvalue weighted by atomic mass is 16.5. The second kappa shape index (κ2) is 11.7. The van der Waals surface area contributed by atoms with Gasteiger partial charge in [0, 0.05) is 52.0 Å². The first-order chi connectivity index (χ1) is 10.7. The summed E-state index contributed by atoms with van der Waals surface area (Å²) in [4.78, 5) is 6.86. The molecule has 1 aliphatic carbocycles. The van der Waals surface area contributed by atoms with Crippen molar-refractivity contribution in [2.24, 2.45) is 4.99 Å². The molecule has 0 heterocycles. The van der Waals surface area contributed by atoms with E-state index >= 15 is 0 Å². The van der Waals surface area contributed by atoms with E-state index < -0.39 is 0 Å². The van der Waals surface area contributed by atoms with E-state index in [0.717, 1.165) is 57.7 Å². The van der Waals surface area contributed by atoms with Crippen molar-refractivity contribution < 1.29 is 4.74 Å². The topological polar surface area (TPSA) is 48.9 Å². The highest BCUT2D eigenvalue weighted by Gasteiger charge is 2.29. The Kier molecular flexibility index (Phi) is 10.2. The van der Waals surface area contributed by atoms with Crippen LogP contribution in [0.2, 0.25) is 0 Å². The molecule has 0 saturated heterocycles. The number of hydrogen-bond acceptors (Lipinski definition) is 3. The SMILES string of the molecule is CCCCOCCCNC(=NC)NCCN(C(C)C)C1CC1. The van der Waals surface area contributed by atoms with E-state index in [2.05, 4.69) is 41.3 Å². The van der Waals surface area contributed by atoms with Gasteiger partial charge in [0.1, 0.15) is 0 Å². The summed E-state index contributed by atoms with van der Waals surface area (Å²) in [6.45, 7) is 11.4. The van der Waals surface area contributed by atoms with Crippen LogP contribution in [0.1, 0.15) is 52.9 Å². The van der Waals surface area contributed by atoms with Crippen molar-refractivity contribution in [1.29, 1.82) is 0 Å². The van der Waals surface area contributed by atoms with E-state index in [1.54, 1.807) is 0 Å². The average molecular weight is 313 g/mol. The van der Waals surface area contributed by atoms with E-state index in [1.165, 1.54) is 19.3 Å². The molecule has 22 heavy (non-hydrogen) atoms. The van der Waals surface area contributed by atoms with Gasteiger partial charge in [0.15, 0.2) is 5.96 Å². The summed E-state index contributed by atoms with van der Waals surface area (Å²) in [5, 5.41) is 6.75. The molecule has 0 aromatic carbocycles. The lowest BCUT2D eigenvalue weighted by molar-refractivity contribution is 0.129. The van der Waals surface area contributed by atoms with E-state index in [-0.39, 0.29) is 0 Å². The van der Waals surface area contributed by atoms with Gasteiger partial charge in [-0.1, -0.05) is 13.3 Å². The number of hydrogen-bond donors (Lipinski definition) is 2. The minimum Gasteiger partial charge on any atom is -0.381 e. The molecule has 5 heteroatoms. The Bertz CT molecular complexity index is 301. The Hall–Kier alpha value is -0.810. The molecule has 2 N–H and O–H groups in total. The molecular weight excluding hydrogens is 276 g/mol. The third-order valence-electron chi connectivity index (χ3n) is 3.97. The van der Waals surface area contributed by atoms with Crippen molar-refractivity contribution in [3.63, 3.8) is 0 Å². The van der Waals surface area contributed by atoms with Gasteiger partial charge < -0.3 is 15.4 Å². The Labute approximate surface area is 136 Å². The largest absolute Gasteiger partial charge is 0.381 e. The van der Waals surface area contributed by atoms with E-state index in [0.29, 0.717) is 6.04 Å². The number of nitrogens with one attached hydrogen (secondary N) is 2. The molecule has 0 atom stereocenters. The lowest BCUT2D eigenvalue weighted by Gasteiger charge is -2.26. The van der Waals surface area contributed by atoms with E-state index in [9.17, 15) is 0 Å². The van der Waals surface area contributed by atoms with Gasteiger partial charge in [-0.15, -0.1) is 0 Å². The first-order valence-electron chi connectivity index (χ1n) is 8.97. The molecule has 1 fully saturated rings. The number of nitrogens with zero attached hydrogens (tertiary/aromatic N) is 2. The average Bonchev–Trinajstić information content (AvgIpc) is 3.32. The smallest absolute Gasteiger partial charge is 0.191 e. The summed E-state index contributed by atoms with van der Waals surface area (Å²) in [5.41, 5.74) is 0. The number of ether oxygens (including phenoxy) is 1. The second-order valence-electron chi connectivity index (χ2n) is 6.31. The van der Waals surface area contributed by atoms with Crippen LogP contribution >= 0.6 is 0 Å². The maximum atomic E-state index is 5.55. The fourth-order valence-electron chi connectivity index (χ4n) is 2.52. The summed E-state index contributed by atoms with van der Waals surface area (Å²) in [5.74, 6) is 0.896. The molecular formula is C17H36N4O. The summed E-state index contributed by atoms with van der Waals surface area (Å²) in [7, 11) is 1.83. The van der Waals surface area contributed by atoms with Crippen molar-refractivity contribution in [1.82, 2.24) is 15.5 Å². The Morgan fingerprint density at radius 2 is 1.86 bits per heavy atom. The lowest BCUT2D eigenvalue weighted by atomic mass is 10.3. The Balaban J connectivity index is 2.04. The molecule has 0 radical (unpaired) electrons. The van der Waals surface area contributed by atoms with Gasteiger partial charge in [-0.05, 0) is 39.5 Å². The number of aliphatic imine (C=N–C) groups is 1. The molecule has 0 aromatic heterocycles. The van der Waals surface area contributed by atoms with Crippen LogP contribution in [0.3, 0.4) is 0 Å². The zero-order valence-corrected chi connectivity index (χ0v) is 15.0. The summed E-state index contributed by atoms with van der Waals surface area (Å²) < 4.78 is 5.55. The molecule has 5 nitrogen and oxygen atoms in total. The predicted molar refractivity (Wildman–Crippen MR) is 94.6 cm³/mol. The van der Waals surface area contributed by atoms with Gasteiger partial charge in [-0.2, -0.15) is 0 Å². The maximum Gasteiger partial charge on any atom is 0.191 e. The minimum absolute atomic E-state index is 0.629. The van der Waals surface area contributed by atoms with Crippen LogP contribution < -0.4 is 10.6 Å². The van der Waals surface area contributed by atoms with Gasteiger partial charge in [0.05, 0.1) is 0 Å². The fraction of sp³-hybridized carbons (Fsp3) is 0.941. The van der Waals surface area contributed by atoms with Crippen LogP contribution in [0, 0.1) is 0 Å². The van der Waals surface area contributed by atoms with Crippen LogP contribution in [0.5, 0.6) is 0 Å². The Morgan fingerprint density at radius 3 is 2.45 bits per heavy atom. The summed E-state index contributed by atoms with van der Waals surface area (Å²) in [6, 6.07) is 1.45. The normalized spacial score (nSPS) is 15.6. The standard InChI is InChI=1S/C17H36N4O/c1-5-6-13-22-14-7-10-19-17(18-4)20-11-12-21(15(2)3)16-8-9-16/h15-16H,5-14H2,1-4H3,(H2,18,19,20). The lowest BCUT2D eigenvalue weighted by Crippen LogP contribution is -2.44. The predicted octanol–water partition coefficient (Wildman–Crippen LogP) is 2.23. The zero-order chi connectivity index (χ0) is 16.2. The minimum atomic E-state index is 0.629. The molecule has 0 unspecified atom stereocenters. The second-order valence-corrected chi connectivity index (χ2v) is 6.31. The van der Waals surface area contributed by atoms with Gasteiger partial charge in [-0.3, -0.25) is 9.89 Å². The van der Waals surface area contributed by atoms with Gasteiger partial charge in [-0.25, -0.2) is 0 Å². The van der Waals surface area contributed by atoms with Gasteiger partial charge in [0.25, 0.3) is 0 Å². The molecule has 0 bridgehead atoms. The maximum absolute atomic E-state index is 5.55. The van der Waals surface area contributed by atoms with Gasteiger partial charge >= 0.3 is 0 Å². The molecule has 1 aliphatic rings. The highest BCUT2D eigenvalue weighted by molar-refractivity contribution is 5.79. The first-order valence-corrected chi connectivity index (χ1v) is 8.97. The molecule has 0 spiro atoms. The van der Waals surface area contributed by atoms with Crippen molar-refractivity contribution in [3.05, 3.63) is 0 Å². The van der Waals surface area contributed by atoms with Crippen LogP contribution in [-0.2, 0) is 4.74 Å². The monoisotopic (exact) mass is 312 g/mol. The summed E-state index contributed by atoms with van der Waals surface area (Å²) in [6.07, 6.45) is 6.10. The first kappa shape index (κ1) is 19.2. The van der Waals surface area contributed by atoms with Crippen molar-refractivity contribution in [2.75, 3.05) is 39.9 Å². The third-order valence-corrected chi connectivity index (χ3v) is 3.97. The quantitative estimate of drug-likeness (QED) is 0.330. The van der Waals surface area contributed by atoms with Gasteiger partial charge in [0.2, 0.25) is 0 Å². The van der Waals surface area contributed by atoms with Crippen molar-refractivity contribution in [2.45, 2.75) is 65.0 Å². The van der Waals surface area contributed by atoms with Crippen LogP contribution in [0.4, 0.5) is 0 Å². The molecule has 0 amide bonds. The number of rotatable bonds is 12. The van der Waals surface area contributed by atoms with E-state index in [1.807, 2.05) is 7.05 Å². The molecule has 130 valence electrons. The molecule has 0 aromatic rings. The fourth-order valence-corrected chi connectivity index (χ4v) is 2.52.